The summed E-state index contributed by atoms with van der Waals surface area (Å²) < 4.78 is 18.5. The average Bonchev–Trinajstić information content (AvgIpc) is 2.99. The number of nitrogens with zero attached hydrogens (tertiary/aromatic N) is 1. The van der Waals surface area contributed by atoms with Gasteiger partial charge in [-0.2, -0.15) is 0 Å². The molecule has 6 fully saturated rings. The summed E-state index contributed by atoms with van der Waals surface area (Å²) >= 11 is 0. The Morgan fingerprint density at radius 1 is 1.35 bits per heavy atom. The number of carbonyl (C=O) groups is 1. The molecular formula is C18H21NO4. The molecule has 2 spiro atoms. The average molecular weight is 315 g/mol. The first-order valence-electron chi connectivity index (χ1n) is 8.72. The van der Waals surface area contributed by atoms with Gasteiger partial charge in [-0.05, 0) is 25.3 Å². The van der Waals surface area contributed by atoms with Gasteiger partial charge in [0.25, 0.3) is 0 Å². The molecule has 0 aromatic rings. The van der Waals surface area contributed by atoms with Crippen LogP contribution in [0.4, 0.5) is 0 Å². The number of Topliss-reactive ketones (excluding diaryl/α,β-unsaturated/α-hetero) is 1. The zero-order chi connectivity index (χ0) is 15.4. The monoisotopic (exact) mass is 315 g/mol. The molecule has 0 aromatic carbocycles. The van der Waals surface area contributed by atoms with Crippen LogP contribution in [0.15, 0.2) is 23.5 Å². The van der Waals surface area contributed by atoms with Crippen molar-refractivity contribution in [1.82, 2.24) is 4.90 Å². The highest BCUT2D eigenvalue weighted by molar-refractivity contribution is 5.86. The first-order valence-corrected chi connectivity index (χ1v) is 8.72. The van der Waals surface area contributed by atoms with Crippen LogP contribution in [0.1, 0.15) is 25.7 Å². The normalized spacial score (nSPS) is 55.2. The zero-order valence-electron chi connectivity index (χ0n) is 13.3. The Bertz CT molecular complexity index is 685. The molecule has 122 valence electrons. The number of rotatable bonds is 1. The molecule has 4 heterocycles. The number of hydrogen-bond donors (Lipinski definition) is 0. The van der Waals surface area contributed by atoms with Crippen molar-refractivity contribution >= 4 is 5.78 Å². The second-order valence-corrected chi connectivity index (χ2v) is 7.90. The van der Waals surface area contributed by atoms with Gasteiger partial charge in [-0.15, -0.1) is 0 Å². The fraction of sp³-hybridized carbons (Fsp3) is 0.722. The Hall–Kier alpha value is -1.17. The molecule has 2 saturated carbocycles. The lowest BCUT2D eigenvalue weighted by Crippen LogP contribution is -2.64. The lowest BCUT2D eigenvalue weighted by molar-refractivity contribution is -0.156. The van der Waals surface area contributed by atoms with Crippen LogP contribution in [0.25, 0.3) is 0 Å². The molecule has 5 nitrogen and oxygen atoms in total. The van der Waals surface area contributed by atoms with E-state index in [1.54, 1.807) is 7.11 Å². The van der Waals surface area contributed by atoms with Gasteiger partial charge in [0, 0.05) is 30.3 Å². The van der Waals surface area contributed by atoms with E-state index >= 15 is 0 Å². The summed E-state index contributed by atoms with van der Waals surface area (Å²) in [6.07, 6.45) is 7.38. The van der Waals surface area contributed by atoms with Crippen molar-refractivity contribution in [3.8, 4) is 0 Å². The van der Waals surface area contributed by atoms with Crippen molar-refractivity contribution in [2.75, 3.05) is 20.4 Å². The predicted octanol–water partition coefficient (Wildman–Crippen LogP) is 1.39. The van der Waals surface area contributed by atoms with E-state index < -0.39 is 0 Å². The predicted molar refractivity (Wildman–Crippen MR) is 80.4 cm³/mol. The van der Waals surface area contributed by atoms with Gasteiger partial charge >= 0.3 is 0 Å². The lowest BCUT2D eigenvalue weighted by Gasteiger charge is -2.55. The molecule has 23 heavy (non-hydrogen) atoms. The van der Waals surface area contributed by atoms with Gasteiger partial charge in [0.1, 0.15) is 24.7 Å². The van der Waals surface area contributed by atoms with Crippen LogP contribution >= 0.6 is 0 Å². The summed E-state index contributed by atoms with van der Waals surface area (Å²) in [7, 11) is 1.71. The number of carbonyl (C=O) groups excluding carboxylic acids is 1. The Morgan fingerprint density at radius 2 is 2.26 bits per heavy atom. The molecule has 0 amide bonds. The molecule has 4 saturated heterocycles. The topological polar surface area (TPSA) is 48.0 Å². The molecule has 7 rings (SSSR count). The molecule has 3 unspecified atom stereocenters. The maximum Gasteiger partial charge on any atom is 0.162 e. The zero-order valence-corrected chi connectivity index (χ0v) is 13.3. The Morgan fingerprint density at radius 3 is 3.13 bits per heavy atom. The fourth-order valence-corrected chi connectivity index (χ4v) is 6.64. The Kier molecular flexibility index (Phi) is 2.23. The lowest BCUT2D eigenvalue weighted by atomic mass is 9.49. The van der Waals surface area contributed by atoms with Crippen LogP contribution < -0.4 is 0 Å². The third-order valence-electron chi connectivity index (χ3n) is 7.48. The summed E-state index contributed by atoms with van der Waals surface area (Å²) in [6, 6.07) is 0.407. The number of allylic oxidation sites excluding steroid dienone is 2. The first-order chi connectivity index (χ1) is 11.2. The Balaban J connectivity index is 1.64. The minimum absolute atomic E-state index is 0.105. The van der Waals surface area contributed by atoms with Gasteiger partial charge in [-0.25, -0.2) is 0 Å². The largest absolute Gasteiger partial charge is 0.498 e. The summed E-state index contributed by atoms with van der Waals surface area (Å²) in [4.78, 5) is 15.2. The van der Waals surface area contributed by atoms with Crippen LogP contribution in [0.3, 0.4) is 0 Å². The molecule has 0 aromatic heterocycles. The van der Waals surface area contributed by atoms with Gasteiger partial charge in [0.05, 0.1) is 12.7 Å². The van der Waals surface area contributed by atoms with Gasteiger partial charge in [0.2, 0.25) is 0 Å². The van der Waals surface area contributed by atoms with E-state index in [9.17, 15) is 4.79 Å². The Labute approximate surface area is 135 Å². The van der Waals surface area contributed by atoms with Crippen molar-refractivity contribution in [2.45, 2.75) is 49.5 Å². The van der Waals surface area contributed by atoms with Crippen molar-refractivity contribution in [3.63, 3.8) is 0 Å². The number of ketones is 1. The first kappa shape index (κ1) is 13.2. The number of methoxy groups -OCH3 is 1. The van der Waals surface area contributed by atoms with Crippen molar-refractivity contribution < 1.29 is 19.0 Å². The third-order valence-corrected chi connectivity index (χ3v) is 7.48. The van der Waals surface area contributed by atoms with Gasteiger partial charge < -0.3 is 14.2 Å². The van der Waals surface area contributed by atoms with E-state index in [0.29, 0.717) is 19.2 Å². The van der Waals surface area contributed by atoms with Crippen LogP contribution in [0.2, 0.25) is 0 Å². The van der Waals surface area contributed by atoms with E-state index in [1.807, 2.05) is 0 Å². The second kappa shape index (κ2) is 3.90. The van der Waals surface area contributed by atoms with Crippen LogP contribution in [0, 0.1) is 11.3 Å². The van der Waals surface area contributed by atoms with Gasteiger partial charge in [0.15, 0.2) is 5.78 Å². The maximum atomic E-state index is 12.7. The fourth-order valence-electron chi connectivity index (χ4n) is 6.64. The highest BCUT2D eigenvalue weighted by Crippen LogP contribution is 2.69. The SMILES string of the molecule is COC1=CC=C2C[C@H]3N4CC[C@@]25C1O[C@H]1C(=O)CC[C@]3(OC4)C15. The standard InChI is InChI=1S/C18H21NO4/c1-21-12-3-2-10-8-13-18-5-4-11(20)14-15(18)17(10,16(12)23-14)6-7-19(13)9-22-18/h2-3,13-16H,4-9H2,1H3/t13-,14+,15?,16?,17-,18-/m1/s1. The number of hydrogen-bond acceptors (Lipinski definition) is 5. The van der Waals surface area contributed by atoms with Crippen molar-refractivity contribution in [2.24, 2.45) is 11.3 Å². The third kappa shape index (κ3) is 1.22. The molecule has 3 aliphatic carbocycles. The van der Waals surface area contributed by atoms with Crippen molar-refractivity contribution in [1.29, 1.82) is 0 Å². The summed E-state index contributed by atoms with van der Waals surface area (Å²) in [5, 5.41) is 0. The molecule has 7 atom stereocenters. The van der Waals surface area contributed by atoms with Crippen LogP contribution in [-0.2, 0) is 19.0 Å². The van der Waals surface area contributed by atoms with Gasteiger partial charge in [-0.3, -0.25) is 9.69 Å². The highest BCUT2D eigenvalue weighted by atomic mass is 16.6. The van der Waals surface area contributed by atoms with E-state index in [1.165, 1.54) is 5.57 Å². The summed E-state index contributed by atoms with van der Waals surface area (Å²) in [5.41, 5.74) is 1.16. The quantitative estimate of drug-likeness (QED) is 0.732. The number of ether oxygens (including phenoxy) is 3. The summed E-state index contributed by atoms with van der Waals surface area (Å²) in [6.45, 7) is 1.73. The highest BCUT2D eigenvalue weighted by Gasteiger charge is 2.76. The smallest absolute Gasteiger partial charge is 0.162 e. The van der Waals surface area contributed by atoms with E-state index in [2.05, 4.69) is 17.1 Å². The maximum absolute atomic E-state index is 12.7. The van der Waals surface area contributed by atoms with Crippen LogP contribution in [0.5, 0.6) is 0 Å². The summed E-state index contributed by atoms with van der Waals surface area (Å²) in [5.74, 6) is 1.28. The second-order valence-electron chi connectivity index (χ2n) is 7.90. The van der Waals surface area contributed by atoms with E-state index in [0.717, 1.165) is 31.6 Å². The molecule has 4 aliphatic heterocycles. The van der Waals surface area contributed by atoms with E-state index in [4.69, 9.17) is 14.2 Å². The van der Waals surface area contributed by atoms with Crippen molar-refractivity contribution in [3.05, 3.63) is 23.5 Å². The minimum atomic E-state index is -0.324. The molecule has 5 heteroatoms. The molecular weight excluding hydrogens is 294 g/mol. The van der Waals surface area contributed by atoms with E-state index in [-0.39, 0.29) is 34.9 Å². The van der Waals surface area contributed by atoms with Crippen LogP contribution in [-0.4, -0.2) is 54.9 Å². The molecule has 0 N–H and O–H groups in total. The van der Waals surface area contributed by atoms with Gasteiger partial charge in [-0.1, -0.05) is 11.6 Å². The molecule has 7 aliphatic rings. The number of fused-ring (bicyclic) bond motifs is 1. The molecule has 4 bridgehead atoms. The minimum Gasteiger partial charge on any atom is -0.498 e. The molecule has 0 radical (unpaired) electrons.